The first-order valence-electron chi connectivity index (χ1n) is 14.9. The molecule has 0 unspecified atom stereocenters. The van der Waals surface area contributed by atoms with Crippen LogP contribution in [0.25, 0.3) is 0 Å². The number of likely N-dealkylation sites (tertiary alicyclic amines) is 1. The first kappa shape index (κ1) is 30.9. The summed E-state index contributed by atoms with van der Waals surface area (Å²) in [4.78, 5) is 52.5. The summed E-state index contributed by atoms with van der Waals surface area (Å²) >= 11 is 0. The average Bonchev–Trinajstić information content (AvgIpc) is 3.38. The van der Waals surface area contributed by atoms with Crippen LogP contribution in [-0.2, 0) is 51.8 Å². The van der Waals surface area contributed by atoms with Crippen LogP contribution in [0.1, 0.15) is 54.5 Å². The lowest BCUT2D eigenvalue weighted by Crippen LogP contribution is -2.74. The Morgan fingerprint density at radius 2 is 1.84 bits per heavy atom. The molecule has 6 rings (SSSR count). The molecule has 2 aliphatic carbocycles. The van der Waals surface area contributed by atoms with Crippen molar-refractivity contribution in [1.82, 2.24) is 4.90 Å². The van der Waals surface area contributed by atoms with Gasteiger partial charge in [-0.05, 0) is 38.1 Å². The Morgan fingerprint density at radius 1 is 1.09 bits per heavy atom. The lowest BCUT2D eigenvalue weighted by molar-refractivity contribution is -0.178. The van der Waals surface area contributed by atoms with E-state index in [0.29, 0.717) is 30.7 Å². The molecular formula is C33H35NO11. The van der Waals surface area contributed by atoms with Gasteiger partial charge < -0.3 is 39.2 Å². The largest absolute Gasteiger partial charge is 0.481 e. The Kier molecular flexibility index (Phi) is 8.02. The van der Waals surface area contributed by atoms with Crippen LogP contribution in [0.2, 0.25) is 0 Å². The second-order valence-corrected chi connectivity index (χ2v) is 12.0. The molecule has 12 heteroatoms. The fourth-order valence-corrected chi connectivity index (χ4v) is 7.54. The standard InChI is InChI=1S/C33H35NO11/c1-18(37)42-24(22(38)17-36)15-26(39)44-29(19-6-4-3-5-7-19)31(40)43-23-10-11-33(41)25-14-20-8-9-21(16-35)28-27(20)32(33,30(23)45-28)12-13-34(25)2/h3-10,24-25,29-30,35-36,41H,11-17H2,1-2H3/t24-,25+,29-,30-,32-,33+/m0/s1. The van der Waals surface area contributed by atoms with Crippen LogP contribution in [0.3, 0.4) is 0 Å². The van der Waals surface area contributed by atoms with Crippen LogP contribution in [0.5, 0.6) is 5.75 Å². The van der Waals surface area contributed by atoms with Crippen molar-refractivity contribution in [2.45, 2.75) is 74.6 Å². The lowest BCUT2D eigenvalue weighted by atomic mass is 9.50. The minimum Gasteiger partial charge on any atom is -0.481 e. The predicted molar refractivity (Wildman–Crippen MR) is 154 cm³/mol. The molecule has 2 heterocycles. The maximum Gasteiger partial charge on any atom is 0.357 e. The molecule has 0 radical (unpaired) electrons. The molecule has 1 fully saturated rings. The number of aliphatic hydroxyl groups is 3. The number of hydrogen-bond acceptors (Lipinski definition) is 12. The molecule has 0 amide bonds. The Hall–Kier alpha value is -4.10. The van der Waals surface area contributed by atoms with Crippen LogP contribution in [0.4, 0.5) is 0 Å². The van der Waals surface area contributed by atoms with Gasteiger partial charge in [-0.2, -0.15) is 0 Å². The number of benzene rings is 2. The zero-order valence-corrected chi connectivity index (χ0v) is 24.9. The van der Waals surface area contributed by atoms with Crippen LogP contribution in [-0.4, -0.2) is 88.0 Å². The first-order valence-corrected chi connectivity index (χ1v) is 14.9. The van der Waals surface area contributed by atoms with Crippen LogP contribution in [0, 0.1) is 0 Å². The summed E-state index contributed by atoms with van der Waals surface area (Å²) in [5.74, 6) is -3.06. The summed E-state index contributed by atoms with van der Waals surface area (Å²) in [6.45, 7) is 0.486. The van der Waals surface area contributed by atoms with Crippen molar-refractivity contribution < 1.29 is 53.4 Å². The maximum absolute atomic E-state index is 13.9. The minimum absolute atomic E-state index is 0.158. The Morgan fingerprint density at radius 3 is 2.53 bits per heavy atom. The van der Waals surface area contributed by atoms with Gasteiger partial charge in [-0.25, -0.2) is 4.79 Å². The van der Waals surface area contributed by atoms with Gasteiger partial charge in [0, 0.05) is 36.1 Å². The second kappa shape index (κ2) is 11.7. The molecular weight excluding hydrogens is 586 g/mol. The van der Waals surface area contributed by atoms with E-state index in [9.17, 15) is 34.5 Å². The van der Waals surface area contributed by atoms with Crippen molar-refractivity contribution in [3.8, 4) is 5.75 Å². The van der Waals surface area contributed by atoms with Crippen molar-refractivity contribution in [2.75, 3.05) is 20.2 Å². The zero-order chi connectivity index (χ0) is 32.1. The monoisotopic (exact) mass is 621 g/mol. The number of ketones is 1. The average molecular weight is 622 g/mol. The molecule has 6 atom stereocenters. The van der Waals surface area contributed by atoms with E-state index in [-0.39, 0.29) is 30.4 Å². The van der Waals surface area contributed by atoms with Crippen molar-refractivity contribution >= 4 is 23.7 Å². The van der Waals surface area contributed by atoms with Gasteiger partial charge in [-0.15, -0.1) is 0 Å². The van der Waals surface area contributed by atoms with Gasteiger partial charge in [-0.3, -0.25) is 14.4 Å². The molecule has 1 spiro atoms. The molecule has 4 aliphatic rings. The Balaban J connectivity index is 1.32. The fraction of sp³-hybridized carbons (Fsp3) is 0.455. The third-order valence-electron chi connectivity index (χ3n) is 9.59. The number of ether oxygens (including phenoxy) is 4. The number of Topliss-reactive ketones (excluding diaryl/α,β-unsaturated/α-hetero) is 1. The van der Waals surface area contributed by atoms with E-state index < -0.39 is 66.0 Å². The first-order chi connectivity index (χ1) is 21.5. The molecule has 2 bridgehead atoms. The van der Waals surface area contributed by atoms with E-state index in [1.165, 1.54) is 0 Å². The van der Waals surface area contributed by atoms with E-state index >= 15 is 0 Å². The van der Waals surface area contributed by atoms with Crippen molar-refractivity contribution in [1.29, 1.82) is 0 Å². The molecule has 0 saturated carbocycles. The number of aliphatic hydroxyl groups excluding tert-OH is 2. The van der Waals surface area contributed by atoms with Gasteiger partial charge in [0.1, 0.15) is 18.1 Å². The summed E-state index contributed by atoms with van der Waals surface area (Å²) in [5.41, 5.74) is 0.529. The van der Waals surface area contributed by atoms with E-state index in [2.05, 4.69) is 4.90 Å². The van der Waals surface area contributed by atoms with Crippen molar-refractivity contribution in [2.24, 2.45) is 0 Å². The van der Waals surface area contributed by atoms with Gasteiger partial charge in [0.05, 0.1) is 24.0 Å². The highest BCUT2D eigenvalue weighted by Crippen LogP contribution is 2.64. The maximum atomic E-state index is 13.9. The molecule has 45 heavy (non-hydrogen) atoms. The fourth-order valence-electron chi connectivity index (χ4n) is 7.54. The highest BCUT2D eigenvalue weighted by molar-refractivity contribution is 5.90. The second-order valence-electron chi connectivity index (χ2n) is 12.0. The van der Waals surface area contributed by atoms with E-state index in [0.717, 1.165) is 18.1 Å². The molecule has 3 N–H and O–H groups in total. The van der Waals surface area contributed by atoms with Crippen molar-refractivity contribution in [3.63, 3.8) is 0 Å². The third-order valence-corrected chi connectivity index (χ3v) is 9.59. The summed E-state index contributed by atoms with van der Waals surface area (Å²) in [6, 6.07) is 11.7. The number of rotatable bonds is 10. The van der Waals surface area contributed by atoms with Gasteiger partial charge in [0.15, 0.2) is 18.0 Å². The van der Waals surface area contributed by atoms with E-state index in [1.54, 1.807) is 36.4 Å². The lowest BCUT2D eigenvalue weighted by Gasteiger charge is -2.61. The third kappa shape index (κ3) is 4.92. The van der Waals surface area contributed by atoms with E-state index in [1.807, 2.05) is 19.2 Å². The van der Waals surface area contributed by atoms with Gasteiger partial charge in [0.25, 0.3) is 0 Å². The normalized spacial score (nSPS) is 27.3. The predicted octanol–water partition coefficient (Wildman–Crippen LogP) is 1.17. The zero-order valence-electron chi connectivity index (χ0n) is 24.9. The molecule has 2 aromatic carbocycles. The van der Waals surface area contributed by atoms with Crippen LogP contribution < -0.4 is 4.74 Å². The van der Waals surface area contributed by atoms with Gasteiger partial charge >= 0.3 is 17.9 Å². The summed E-state index contributed by atoms with van der Waals surface area (Å²) in [5, 5.41) is 31.8. The quantitative estimate of drug-likeness (QED) is 0.256. The molecule has 0 aromatic heterocycles. The Labute approximate surface area is 259 Å². The summed E-state index contributed by atoms with van der Waals surface area (Å²) in [6.07, 6.45) is -1.84. The molecule has 2 aliphatic heterocycles. The smallest absolute Gasteiger partial charge is 0.357 e. The SMILES string of the molecule is CC(=O)O[C@@H](CC(=O)O[C@H](C(=O)OC1=CC[C@@]2(O)[C@H]3Cc4ccc(CO)c5c4[C@@]2(CCN3C)[C@H]1O5)c1ccccc1)C(=O)CO. The molecule has 1 saturated heterocycles. The number of carbonyl (C=O) groups is 4. The van der Waals surface area contributed by atoms with Gasteiger partial charge in [0.2, 0.25) is 6.10 Å². The molecule has 238 valence electrons. The van der Waals surface area contributed by atoms with E-state index in [4.69, 9.17) is 18.9 Å². The topological polar surface area (TPSA) is 169 Å². The number of esters is 3. The van der Waals surface area contributed by atoms with Crippen LogP contribution in [0.15, 0.2) is 54.3 Å². The number of likely N-dealkylation sites (N-methyl/N-ethyl adjacent to an activating group) is 1. The van der Waals surface area contributed by atoms with Crippen LogP contribution >= 0.6 is 0 Å². The van der Waals surface area contributed by atoms with Gasteiger partial charge in [-0.1, -0.05) is 42.5 Å². The molecule has 2 aromatic rings. The van der Waals surface area contributed by atoms with Crippen molar-refractivity contribution in [3.05, 3.63) is 76.6 Å². The highest BCUT2D eigenvalue weighted by atomic mass is 16.6. The highest BCUT2D eigenvalue weighted by Gasteiger charge is 2.72. The number of piperidine rings is 1. The summed E-state index contributed by atoms with van der Waals surface area (Å²) < 4.78 is 22.9. The Bertz CT molecular complexity index is 1570. The number of nitrogens with zero attached hydrogens (tertiary/aromatic N) is 1. The molecule has 12 nitrogen and oxygen atoms in total. The number of carbonyl (C=O) groups excluding carboxylic acids is 4. The summed E-state index contributed by atoms with van der Waals surface area (Å²) in [7, 11) is 1.98. The minimum atomic E-state index is -1.59. The number of hydrogen-bond donors (Lipinski definition) is 3.